The zero-order valence-corrected chi connectivity index (χ0v) is 20.7. The summed E-state index contributed by atoms with van der Waals surface area (Å²) in [7, 11) is 1.85. The molecule has 2 aromatic carbocycles. The van der Waals surface area contributed by atoms with E-state index in [1.165, 1.54) is 0 Å². The zero-order valence-electron chi connectivity index (χ0n) is 20.7. The number of amides is 1. The lowest BCUT2D eigenvalue weighted by atomic mass is 10.1. The quantitative estimate of drug-likeness (QED) is 0.408. The lowest BCUT2D eigenvalue weighted by Gasteiger charge is -2.19. The molecule has 1 atom stereocenters. The topological polar surface area (TPSA) is 108 Å². The van der Waals surface area contributed by atoms with Crippen molar-refractivity contribution >= 4 is 22.8 Å². The molecule has 190 valence electrons. The molecule has 5 rings (SSSR count). The number of carbonyl (C=O) groups is 2. The molecule has 0 fully saturated rings. The van der Waals surface area contributed by atoms with Crippen molar-refractivity contribution in [2.45, 2.75) is 44.7 Å². The third-order valence-corrected chi connectivity index (χ3v) is 6.69. The van der Waals surface area contributed by atoms with Gasteiger partial charge in [-0.15, -0.1) is 0 Å². The van der Waals surface area contributed by atoms with Gasteiger partial charge in [0.1, 0.15) is 17.7 Å². The van der Waals surface area contributed by atoms with Gasteiger partial charge >= 0.3 is 5.97 Å². The number of hydrogen-bond donors (Lipinski definition) is 1. The first-order valence-electron chi connectivity index (χ1n) is 12.5. The lowest BCUT2D eigenvalue weighted by molar-refractivity contribution is -0.124. The molecule has 0 aliphatic carbocycles. The van der Waals surface area contributed by atoms with Gasteiger partial charge in [0.2, 0.25) is 0 Å². The van der Waals surface area contributed by atoms with Gasteiger partial charge in [0.05, 0.1) is 16.5 Å². The summed E-state index contributed by atoms with van der Waals surface area (Å²) in [6.07, 6.45) is 8.37. The van der Waals surface area contributed by atoms with Crippen molar-refractivity contribution in [3.8, 4) is 0 Å². The molecule has 9 heteroatoms. The van der Waals surface area contributed by atoms with Crippen LogP contribution in [0.15, 0.2) is 65.7 Å². The molecular formula is C28H29N5O4. The fourth-order valence-electron chi connectivity index (χ4n) is 4.74. The molecule has 2 aromatic heterocycles. The van der Waals surface area contributed by atoms with Crippen LogP contribution in [-0.4, -0.2) is 37.6 Å². The standard InChI is InChI=1S/C28H29N5O4/c1-32-16-14-29-26(32)25(19-9-5-4-6-10-19)31-24(34)18-37-28(36)20-12-13-21-22(17-20)30-23-11-7-2-3-8-15-33(23)27(21)35/h4-6,9-10,12-14,16-17,25H,2-3,7-8,11,15,18H2,1H3,(H,31,34)/t25-/m1/s1. The largest absolute Gasteiger partial charge is 0.452 e. The molecule has 4 aromatic rings. The predicted octanol–water partition coefficient (Wildman–Crippen LogP) is 3.31. The highest BCUT2D eigenvalue weighted by Gasteiger charge is 2.22. The monoisotopic (exact) mass is 499 g/mol. The Kier molecular flexibility index (Phi) is 7.11. The number of ether oxygens (including phenoxy) is 1. The van der Waals surface area contributed by atoms with Gasteiger partial charge in [-0.3, -0.25) is 14.2 Å². The van der Waals surface area contributed by atoms with Gasteiger partial charge in [0.15, 0.2) is 6.61 Å². The number of imidazole rings is 1. The number of benzene rings is 2. The van der Waals surface area contributed by atoms with Crippen LogP contribution in [0, 0.1) is 0 Å². The summed E-state index contributed by atoms with van der Waals surface area (Å²) in [4.78, 5) is 47.6. The Bertz CT molecular complexity index is 1490. The van der Waals surface area contributed by atoms with Crippen LogP contribution in [0.5, 0.6) is 0 Å². The van der Waals surface area contributed by atoms with E-state index in [4.69, 9.17) is 9.72 Å². The summed E-state index contributed by atoms with van der Waals surface area (Å²) in [6, 6.07) is 13.7. The first kappa shape index (κ1) is 24.4. The molecule has 1 N–H and O–H groups in total. The van der Waals surface area contributed by atoms with Crippen LogP contribution in [-0.2, 0) is 29.5 Å². The summed E-state index contributed by atoms with van der Waals surface area (Å²) in [6.45, 7) is 0.211. The average Bonchev–Trinajstić information content (AvgIpc) is 3.32. The van der Waals surface area contributed by atoms with Crippen LogP contribution in [0.3, 0.4) is 0 Å². The number of aryl methyl sites for hydroxylation is 2. The number of hydrogen-bond acceptors (Lipinski definition) is 6. The van der Waals surface area contributed by atoms with Crippen LogP contribution < -0.4 is 10.9 Å². The molecule has 1 aliphatic heterocycles. The molecular weight excluding hydrogens is 470 g/mol. The van der Waals surface area contributed by atoms with E-state index in [-0.39, 0.29) is 11.1 Å². The summed E-state index contributed by atoms with van der Waals surface area (Å²) in [5.74, 6) is 0.304. The summed E-state index contributed by atoms with van der Waals surface area (Å²) < 4.78 is 8.90. The molecule has 3 heterocycles. The van der Waals surface area contributed by atoms with E-state index in [0.717, 1.165) is 43.5 Å². The van der Waals surface area contributed by atoms with Crippen LogP contribution in [0.2, 0.25) is 0 Å². The van der Waals surface area contributed by atoms with Crippen molar-refractivity contribution in [2.24, 2.45) is 7.05 Å². The van der Waals surface area contributed by atoms with E-state index in [1.54, 1.807) is 35.2 Å². The van der Waals surface area contributed by atoms with E-state index in [1.807, 2.05) is 41.9 Å². The van der Waals surface area contributed by atoms with Crippen LogP contribution >= 0.6 is 0 Å². The van der Waals surface area contributed by atoms with Gasteiger partial charge in [-0.1, -0.05) is 43.2 Å². The van der Waals surface area contributed by atoms with Crippen molar-refractivity contribution in [2.75, 3.05) is 6.61 Å². The molecule has 0 unspecified atom stereocenters. The van der Waals surface area contributed by atoms with E-state index < -0.39 is 24.5 Å². The fourth-order valence-corrected chi connectivity index (χ4v) is 4.74. The Morgan fingerprint density at radius 1 is 1.08 bits per heavy atom. The van der Waals surface area contributed by atoms with Gasteiger partial charge in [0.25, 0.3) is 11.5 Å². The maximum atomic E-state index is 13.0. The number of nitrogens with zero attached hydrogens (tertiary/aromatic N) is 4. The van der Waals surface area contributed by atoms with E-state index in [0.29, 0.717) is 23.3 Å². The van der Waals surface area contributed by atoms with Crippen LogP contribution in [0.25, 0.3) is 10.9 Å². The first-order valence-corrected chi connectivity index (χ1v) is 12.5. The Morgan fingerprint density at radius 2 is 1.89 bits per heavy atom. The summed E-state index contributed by atoms with van der Waals surface area (Å²) in [5, 5.41) is 3.38. The van der Waals surface area contributed by atoms with Gasteiger partial charge in [0, 0.05) is 32.4 Å². The molecule has 0 saturated carbocycles. The third-order valence-electron chi connectivity index (χ3n) is 6.69. The summed E-state index contributed by atoms with van der Waals surface area (Å²) in [5.41, 5.74) is 1.49. The summed E-state index contributed by atoms with van der Waals surface area (Å²) >= 11 is 0. The third kappa shape index (κ3) is 5.30. The average molecular weight is 500 g/mol. The highest BCUT2D eigenvalue weighted by molar-refractivity contribution is 5.95. The minimum Gasteiger partial charge on any atom is -0.452 e. The van der Waals surface area contributed by atoms with Crippen molar-refractivity contribution in [3.05, 3.63) is 94.1 Å². The lowest BCUT2D eigenvalue weighted by Crippen LogP contribution is -2.34. The molecule has 9 nitrogen and oxygen atoms in total. The van der Waals surface area contributed by atoms with Crippen molar-refractivity contribution in [1.82, 2.24) is 24.4 Å². The molecule has 37 heavy (non-hydrogen) atoms. The van der Waals surface area contributed by atoms with Gasteiger partial charge in [-0.2, -0.15) is 0 Å². The number of esters is 1. The Labute approximate surface area is 214 Å². The zero-order chi connectivity index (χ0) is 25.8. The maximum absolute atomic E-state index is 13.0. The number of nitrogens with one attached hydrogen (secondary N) is 1. The molecule has 0 bridgehead atoms. The molecule has 0 spiro atoms. The SMILES string of the molecule is Cn1ccnc1[C@H](NC(=O)COC(=O)c1ccc2c(=O)n3c(nc2c1)CCCCCC3)c1ccccc1. The maximum Gasteiger partial charge on any atom is 0.338 e. The van der Waals surface area contributed by atoms with E-state index in [9.17, 15) is 14.4 Å². The minimum atomic E-state index is -0.654. The van der Waals surface area contributed by atoms with Gasteiger partial charge < -0.3 is 14.6 Å². The normalized spacial score (nSPS) is 14.3. The highest BCUT2D eigenvalue weighted by atomic mass is 16.5. The molecule has 0 saturated heterocycles. The smallest absolute Gasteiger partial charge is 0.338 e. The van der Waals surface area contributed by atoms with Crippen molar-refractivity contribution in [1.29, 1.82) is 0 Å². The number of fused-ring (bicyclic) bond motifs is 2. The Balaban J connectivity index is 1.30. The second-order valence-corrected chi connectivity index (χ2v) is 9.26. The number of carbonyl (C=O) groups excluding carboxylic acids is 2. The van der Waals surface area contributed by atoms with Gasteiger partial charge in [-0.05, 0) is 36.6 Å². The number of aromatic nitrogens is 4. The van der Waals surface area contributed by atoms with Crippen LogP contribution in [0.1, 0.15) is 59.3 Å². The number of rotatable bonds is 6. The Morgan fingerprint density at radius 3 is 2.68 bits per heavy atom. The second-order valence-electron chi connectivity index (χ2n) is 9.26. The molecule has 1 amide bonds. The highest BCUT2D eigenvalue weighted by Crippen LogP contribution is 2.20. The minimum absolute atomic E-state index is 0.0811. The first-order chi connectivity index (χ1) is 18.0. The van der Waals surface area contributed by atoms with E-state index >= 15 is 0 Å². The van der Waals surface area contributed by atoms with Gasteiger partial charge in [-0.25, -0.2) is 14.8 Å². The second kappa shape index (κ2) is 10.8. The molecule has 0 radical (unpaired) electrons. The fraction of sp³-hybridized carbons (Fsp3) is 0.321. The predicted molar refractivity (Wildman–Crippen MR) is 138 cm³/mol. The van der Waals surface area contributed by atoms with Crippen LogP contribution in [0.4, 0.5) is 0 Å². The van der Waals surface area contributed by atoms with Crippen molar-refractivity contribution < 1.29 is 14.3 Å². The Hall–Kier alpha value is -4.27. The van der Waals surface area contributed by atoms with E-state index in [2.05, 4.69) is 10.3 Å². The molecule has 1 aliphatic rings. The van der Waals surface area contributed by atoms with Crippen molar-refractivity contribution in [3.63, 3.8) is 0 Å².